The fourth-order valence-corrected chi connectivity index (χ4v) is 11.4. The van der Waals surface area contributed by atoms with Crippen LogP contribution in [0, 0.1) is 0 Å². The summed E-state index contributed by atoms with van der Waals surface area (Å²) in [5.41, 5.74) is 18.9. The number of hydrogen-bond acceptors (Lipinski definition) is 3. The molecule has 2 unspecified atom stereocenters. The summed E-state index contributed by atoms with van der Waals surface area (Å²) in [6.07, 6.45) is 15.6. The van der Waals surface area contributed by atoms with E-state index in [1.54, 1.807) is 0 Å². The minimum absolute atomic E-state index is 0.270. The average Bonchev–Trinajstić information content (AvgIpc) is 3.94. The van der Waals surface area contributed by atoms with Crippen molar-refractivity contribution in [3.05, 3.63) is 241 Å². The molecule has 8 aromatic carbocycles. The van der Waals surface area contributed by atoms with E-state index in [1.807, 2.05) is 36.4 Å². The predicted octanol–water partition coefficient (Wildman–Crippen LogP) is 15.5. The van der Waals surface area contributed by atoms with E-state index in [0.717, 1.165) is 63.0 Å². The molecular formula is C63H43N5. The third kappa shape index (κ3) is 5.99. The van der Waals surface area contributed by atoms with Crippen molar-refractivity contribution in [1.82, 2.24) is 24.1 Å². The Morgan fingerprint density at radius 2 is 1.01 bits per heavy atom. The lowest BCUT2D eigenvalue weighted by atomic mass is 9.69. The van der Waals surface area contributed by atoms with Crippen LogP contribution in [0.25, 0.3) is 107 Å². The zero-order valence-electron chi connectivity index (χ0n) is 37.2. The number of allylic oxidation sites excluding steroid dienone is 5. The summed E-state index contributed by atoms with van der Waals surface area (Å²) in [6.45, 7) is 0. The Bertz CT molecular complexity index is 3850. The molecule has 320 valence electrons. The van der Waals surface area contributed by atoms with Gasteiger partial charge in [-0.1, -0.05) is 200 Å². The van der Waals surface area contributed by atoms with Gasteiger partial charge in [-0.15, -0.1) is 0 Å². The van der Waals surface area contributed by atoms with Gasteiger partial charge in [0.1, 0.15) is 0 Å². The number of para-hydroxylation sites is 1. The van der Waals surface area contributed by atoms with Crippen molar-refractivity contribution in [3.63, 3.8) is 0 Å². The van der Waals surface area contributed by atoms with Gasteiger partial charge in [0.15, 0.2) is 11.6 Å². The fraction of sp³-hybridized carbons (Fsp3) is 0.0635. The van der Waals surface area contributed by atoms with Gasteiger partial charge in [-0.3, -0.25) is 4.57 Å². The Kier molecular flexibility index (Phi) is 8.78. The molecule has 3 aliphatic carbocycles. The number of aryl methyl sites for hydroxylation is 1. The van der Waals surface area contributed by atoms with E-state index in [2.05, 4.69) is 197 Å². The van der Waals surface area contributed by atoms with E-state index in [-0.39, 0.29) is 5.92 Å². The Labute approximate surface area is 394 Å². The van der Waals surface area contributed by atoms with Crippen molar-refractivity contribution in [2.45, 2.75) is 24.7 Å². The molecule has 3 aliphatic rings. The van der Waals surface area contributed by atoms with Gasteiger partial charge in [-0.25, -0.2) is 4.98 Å². The largest absolute Gasteiger partial charge is 0.307 e. The highest BCUT2D eigenvalue weighted by Gasteiger charge is 2.32. The van der Waals surface area contributed by atoms with E-state index in [1.165, 1.54) is 55.1 Å². The number of aromatic nitrogens is 5. The van der Waals surface area contributed by atoms with Crippen molar-refractivity contribution in [3.8, 4) is 67.8 Å². The van der Waals surface area contributed by atoms with Crippen LogP contribution in [0.4, 0.5) is 0 Å². The van der Waals surface area contributed by atoms with Gasteiger partial charge in [0, 0.05) is 44.7 Å². The summed E-state index contributed by atoms with van der Waals surface area (Å²) >= 11 is 0. The lowest BCUT2D eigenvalue weighted by molar-refractivity contribution is 0.720. The number of hydrogen-bond donors (Lipinski definition) is 0. The van der Waals surface area contributed by atoms with Gasteiger partial charge < -0.3 is 4.57 Å². The molecule has 0 saturated heterocycles. The molecule has 0 aliphatic heterocycles. The molecule has 0 bridgehead atoms. The molecule has 5 nitrogen and oxygen atoms in total. The summed E-state index contributed by atoms with van der Waals surface area (Å²) < 4.78 is 4.86. The van der Waals surface area contributed by atoms with Gasteiger partial charge in [0.25, 0.3) is 0 Å². The molecule has 0 spiro atoms. The topological polar surface area (TPSA) is 48.5 Å². The standard InChI is InChI=1S/C63H43N5/c1-4-18-40(19-5-1)45-34-32-44(43-33-35-50-48-26-11-10-24-46(48)47-25-12-13-27-49(47)55(50)38-43)39-58(45)67-56-30-16-14-28-51(56)53-36-37-54-52-29-15-17-31-57(52)68(60(54)59(53)67)63-65-61(41-20-6-2-7-21-41)64-62(66-63)42-22-8-3-9-23-42/h1-14,16-28,30-39,47,49H,15,29H2. The quantitative estimate of drug-likeness (QED) is 0.167. The third-order valence-corrected chi connectivity index (χ3v) is 14.4. The molecule has 3 heterocycles. The van der Waals surface area contributed by atoms with Gasteiger partial charge in [-0.05, 0) is 81.6 Å². The van der Waals surface area contributed by atoms with E-state index in [4.69, 9.17) is 15.0 Å². The van der Waals surface area contributed by atoms with Crippen LogP contribution >= 0.6 is 0 Å². The fourth-order valence-electron chi connectivity index (χ4n) is 11.4. The first-order chi connectivity index (χ1) is 33.7. The van der Waals surface area contributed by atoms with Gasteiger partial charge >= 0.3 is 0 Å². The second-order valence-electron chi connectivity index (χ2n) is 18.2. The second-order valence-corrected chi connectivity index (χ2v) is 18.2. The van der Waals surface area contributed by atoms with E-state index in [9.17, 15) is 0 Å². The molecule has 5 heteroatoms. The highest BCUT2D eigenvalue weighted by molar-refractivity contribution is 6.19. The number of nitrogens with zero attached hydrogens (tertiary/aromatic N) is 5. The molecule has 2 atom stereocenters. The lowest BCUT2D eigenvalue weighted by Crippen LogP contribution is -2.16. The van der Waals surface area contributed by atoms with Crippen LogP contribution < -0.4 is 0 Å². The summed E-state index contributed by atoms with van der Waals surface area (Å²) in [6, 6.07) is 68.1. The first kappa shape index (κ1) is 38.6. The first-order valence-electron chi connectivity index (χ1n) is 23.7. The maximum Gasteiger partial charge on any atom is 0.238 e. The van der Waals surface area contributed by atoms with Crippen molar-refractivity contribution in [2.24, 2.45) is 0 Å². The molecule has 0 N–H and O–H groups in total. The van der Waals surface area contributed by atoms with Gasteiger partial charge in [0.2, 0.25) is 5.95 Å². The Morgan fingerprint density at radius 1 is 0.426 bits per heavy atom. The minimum Gasteiger partial charge on any atom is -0.307 e. The molecule has 0 amide bonds. The molecule has 11 aromatic rings. The second kappa shape index (κ2) is 15.5. The first-order valence-corrected chi connectivity index (χ1v) is 23.7. The summed E-state index contributed by atoms with van der Waals surface area (Å²) in [7, 11) is 0. The van der Waals surface area contributed by atoms with Crippen LogP contribution in [-0.2, 0) is 6.42 Å². The average molecular weight is 870 g/mol. The molecule has 0 fully saturated rings. The van der Waals surface area contributed by atoms with E-state index < -0.39 is 0 Å². The van der Waals surface area contributed by atoms with Crippen LogP contribution in [0.15, 0.2) is 218 Å². The Hall–Kier alpha value is -8.67. The maximum atomic E-state index is 5.38. The highest BCUT2D eigenvalue weighted by atomic mass is 15.2. The number of rotatable bonds is 6. The highest BCUT2D eigenvalue weighted by Crippen LogP contribution is 2.51. The summed E-state index contributed by atoms with van der Waals surface area (Å²) in [4.78, 5) is 15.9. The van der Waals surface area contributed by atoms with Crippen molar-refractivity contribution < 1.29 is 0 Å². The van der Waals surface area contributed by atoms with Crippen molar-refractivity contribution in [2.75, 3.05) is 0 Å². The lowest BCUT2D eigenvalue weighted by Gasteiger charge is -2.34. The van der Waals surface area contributed by atoms with Crippen molar-refractivity contribution in [1.29, 1.82) is 0 Å². The zero-order valence-corrected chi connectivity index (χ0v) is 37.2. The third-order valence-electron chi connectivity index (χ3n) is 14.4. The van der Waals surface area contributed by atoms with E-state index >= 15 is 0 Å². The maximum absolute atomic E-state index is 5.38. The molecule has 0 radical (unpaired) electrons. The summed E-state index contributed by atoms with van der Waals surface area (Å²) in [5.74, 6) is 2.44. The number of benzene rings is 8. The van der Waals surface area contributed by atoms with Crippen LogP contribution in [-0.4, -0.2) is 24.1 Å². The molecule has 14 rings (SSSR count). The van der Waals surface area contributed by atoms with E-state index in [0.29, 0.717) is 23.5 Å². The minimum atomic E-state index is 0.270. The predicted molar refractivity (Wildman–Crippen MR) is 279 cm³/mol. The van der Waals surface area contributed by atoms with Crippen molar-refractivity contribution >= 4 is 38.8 Å². The van der Waals surface area contributed by atoms with Gasteiger partial charge in [0.05, 0.1) is 27.9 Å². The monoisotopic (exact) mass is 869 g/mol. The van der Waals surface area contributed by atoms with Crippen LogP contribution in [0.3, 0.4) is 0 Å². The Morgan fingerprint density at radius 3 is 1.76 bits per heavy atom. The van der Waals surface area contributed by atoms with Crippen LogP contribution in [0.2, 0.25) is 0 Å². The molecule has 0 saturated carbocycles. The smallest absolute Gasteiger partial charge is 0.238 e. The molecule has 3 aromatic heterocycles. The zero-order chi connectivity index (χ0) is 44.7. The Balaban J connectivity index is 1.07. The van der Waals surface area contributed by atoms with Crippen LogP contribution in [0.5, 0.6) is 0 Å². The molecular weight excluding hydrogens is 827 g/mol. The SMILES string of the molecule is C1=CC2c3ccccc3-c3ccc(-c4ccc(-c5ccccc5)c(-n5c6ccccc6c6ccc7c8c(n(-c9nc(-c%10ccccc%10)nc(-c%10ccccc%10)n9)c7c65)C=CCC8)c4)cc3C2C=C1. The van der Waals surface area contributed by atoms with Crippen LogP contribution in [0.1, 0.15) is 40.6 Å². The number of fused-ring (bicyclic) bond motifs is 13. The normalized spacial score (nSPS) is 15.6. The van der Waals surface area contributed by atoms with Gasteiger partial charge in [-0.2, -0.15) is 9.97 Å². The summed E-state index contributed by atoms with van der Waals surface area (Å²) in [5, 5.41) is 3.57. The molecule has 68 heavy (non-hydrogen) atoms.